The molecule has 128 valence electrons. The molecule has 2 rings (SSSR count). The van der Waals surface area contributed by atoms with Gasteiger partial charge in [-0.05, 0) is 44.5 Å². The van der Waals surface area contributed by atoms with E-state index < -0.39 is 10.0 Å². The molecule has 2 N–H and O–H groups in total. The quantitative estimate of drug-likeness (QED) is 0.873. The highest BCUT2D eigenvalue weighted by atomic mass is 32.2. The van der Waals surface area contributed by atoms with Gasteiger partial charge >= 0.3 is 0 Å². The molecule has 0 aliphatic heterocycles. The van der Waals surface area contributed by atoms with Gasteiger partial charge in [-0.2, -0.15) is 0 Å². The Bertz CT molecular complexity index is 840. The van der Waals surface area contributed by atoms with Crippen LogP contribution in [0.2, 0.25) is 0 Å². The number of aryl methyl sites for hydroxylation is 2. The fourth-order valence-electron chi connectivity index (χ4n) is 2.63. The molecular weight excluding hydrogens is 324 g/mol. The van der Waals surface area contributed by atoms with E-state index in [0.717, 1.165) is 17.4 Å². The molecule has 0 saturated carbocycles. The summed E-state index contributed by atoms with van der Waals surface area (Å²) in [5, 5.41) is 2.92. The highest BCUT2D eigenvalue weighted by Gasteiger charge is 2.16. The van der Waals surface area contributed by atoms with E-state index >= 15 is 0 Å². The van der Waals surface area contributed by atoms with Gasteiger partial charge in [0.25, 0.3) is 5.91 Å². The summed E-state index contributed by atoms with van der Waals surface area (Å²) in [6, 6.07) is 12.3. The van der Waals surface area contributed by atoms with Gasteiger partial charge in [-0.15, -0.1) is 0 Å². The van der Waals surface area contributed by atoms with E-state index in [9.17, 15) is 13.2 Å². The van der Waals surface area contributed by atoms with Gasteiger partial charge in [-0.1, -0.05) is 35.4 Å². The van der Waals surface area contributed by atoms with Crippen LogP contribution in [0.25, 0.3) is 0 Å². The van der Waals surface area contributed by atoms with Crippen LogP contribution in [0.5, 0.6) is 0 Å². The largest absolute Gasteiger partial charge is 0.345 e. The minimum absolute atomic E-state index is 0.191. The summed E-state index contributed by atoms with van der Waals surface area (Å²) in [5.41, 5.74) is 3.81. The second-order valence-electron chi connectivity index (χ2n) is 6.03. The normalized spacial score (nSPS) is 12.5. The Morgan fingerprint density at radius 3 is 2.21 bits per heavy atom. The van der Waals surface area contributed by atoms with Gasteiger partial charge in [-0.25, -0.2) is 8.42 Å². The Morgan fingerprint density at radius 1 is 1.04 bits per heavy atom. The van der Waals surface area contributed by atoms with Crippen LogP contribution in [-0.4, -0.2) is 20.6 Å². The molecule has 24 heavy (non-hydrogen) atoms. The highest BCUT2D eigenvalue weighted by molar-refractivity contribution is 7.92. The third-order valence-corrected chi connectivity index (χ3v) is 4.14. The van der Waals surface area contributed by atoms with Gasteiger partial charge in [0.15, 0.2) is 0 Å². The lowest BCUT2D eigenvalue weighted by atomic mass is 10.0. The summed E-state index contributed by atoms with van der Waals surface area (Å²) >= 11 is 0. The number of anilines is 1. The molecule has 0 spiro atoms. The fraction of sp³-hybridized carbons (Fsp3) is 0.278. The lowest BCUT2D eigenvalue weighted by Crippen LogP contribution is -2.27. The predicted octanol–water partition coefficient (Wildman–Crippen LogP) is 3.17. The van der Waals surface area contributed by atoms with Crippen LogP contribution >= 0.6 is 0 Å². The Balaban J connectivity index is 2.23. The van der Waals surface area contributed by atoms with Crippen LogP contribution in [0.3, 0.4) is 0 Å². The smallest absolute Gasteiger partial charge is 0.251 e. The van der Waals surface area contributed by atoms with E-state index in [-0.39, 0.29) is 11.9 Å². The zero-order valence-electron chi connectivity index (χ0n) is 14.3. The van der Waals surface area contributed by atoms with E-state index in [2.05, 4.69) is 10.0 Å². The van der Waals surface area contributed by atoms with Gasteiger partial charge in [0, 0.05) is 5.56 Å². The molecule has 0 aromatic heterocycles. The van der Waals surface area contributed by atoms with Crippen molar-refractivity contribution in [3.05, 3.63) is 64.7 Å². The van der Waals surface area contributed by atoms with Crippen molar-refractivity contribution in [2.24, 2.45) is 0 Å². The number of hydrogen-bond acceptors (Lipinski definition) is 3. The van der Waals surface area contributed by atoms with Crippen molar-refractivity contribution < 1.29 is 13.2 Å². The molecule has 0 unspecified atom stereocenters. The predicted molar refractivity (Wildman–Crippen MR) is 96.7 cm³/mol. The van der Waals surface area contributed by atoms with Crippen LogP contribution < -0.4 is 10.0 Å². The Labute approximate surface area is 143 Å². The number of carbonyl (C=O) groups excluding carboxylic acids is 1. The van der Waals surface area contributed by atoms with Gasteiger partial charge < -0.3 is 5.32 Å². The number of nitrogens with one attached hydrogen (secondary N) is 2. The van der Waals surface area contributed by atoms with E-state index in [1.165, 1.54) is 0 Å². The molecule has 0 fully saturated rings. The van der Waals surface area contributed by atoms with Crippen LogP contribution in [0.1, 0.15) is 40.0 Å². The average molecular weight is 346 g/mol. The molecule has 0 radical (unpaired) electrons. The first-order chi connectivity index (χ1) is 11.2. The van der Waals surface area contributed by atoms with Gasteiger partial charge in [0.2, 0.25) is 10.0 Å². The monoisotopic (exact) mass is 346 g/mol. The first-order valence-corrected chi connectivity index (χ1v) is 9.51. The Hall–Kier alpha value is -2.34. The molecule has 6 heteroatoms. The molecule has 2 aromatic carbocycles. The Morgan fingerprint density at radius 2 is 1.62 bits per heavy atom. The maximum absolute atomic E-state index is 12.5. The number of hydrogen-bond donors (Lipinski definition) is 2. The number of benzene rings is 2. The van der Waals surface area contributed by atoms with Crippen LogP contribution in [0.15, 0.2) is 42.5 Å². The SMILES string of the molecule is Cc1cc(C)cc(C(=O)N[C@@H](C)c2ccccc2NS(C)(=O)=O)c1. The lowest BCUT2D eigenvalue weighted by Gasteiger charge is -2.18. The fourth-order valence-corrected chi connectivity index (χ4v) is 3.22. The first kappa shape index (κ1) is 18.0. The molecule has 1 amide bonds. The van der Waals surface area contributed by atoms with Crippen molar-refractivity contribution in [3.8, 4) is 0 Å². The van der Waals surface area contributed by atoms with Crippen LogP contribution in [0.4, 0.5) is 5.69 Å². The number of amides is 1. The van der Waals surface area contributed by atoms with E-state index in [1.54, 1.807) is 18.2 Å². The summed E-state index contributed by atoms with van der Waals surface area (Å²) in [4.78, 5) is 12.5. The molecule has 5 nitrogen and oxygen atoms in total. The molecule has 0 saturated heterocycles. The van der Waals surface area contributed by atoms with E-state index in [0.29, 0.717) is 16.8 Å². The topological polar surface area (TPSA) is 75.3 Å². The van der Waals surface area contributed by atoms with Crippen molar-refractivity contribution in [1.82, 2.24) is 5.32 Å². The number of carbonyl (C=O) groups is 1. The van der Waals surface area contributed by atoms with Crippen LogP contribution in [-0.2, 0) is 10.0 Å². The third-order valence-electron chi connectivity index (χ3n) is 3.55. The zero-order valence-corrected chi connectivity index (χ0v) is 15.1. The summed E-state index contributed by atoms with van der Waals surface area (Å²) in [5.74, 6) is -0.191. The number of para-hydroxylation sites is 1. The van der Waals surface area contributed by atoms with E-state index in [4.69, 9.17) is 0 Å². The molecule has 0 heterocycles. The van der Waals surface area contributed by atoms with Gasteiger partial charge in [0.1, 0.15) is 0 Å². The van der Waals surface area contributed by atoms with Gasteiger partial charge in [-0.3, -0.25) is 9.52 Å². The maximum atomic E-state index is 12.5. The first-order valence-electron chi connectivity index (χ1n) is 7.61. The standard InChI is InChI=1S/C18H22N2O3S/c1-12-9-13(2)11-15(10-12)18(21)19-14(3)16-7-5-6-8-17(16)20-24(4,22)23/h5-11,14,20H,1-4H3,(H,19,21)/t14-/m0/s1. The summed E-state index contributed by atoms with van der Waals surface area (Å²) < 4.78 is 25.5. The zero-order chi connectivity index (χ0) is 17.9. The van der Waals surface area contributed by atoms with Crippen molar-refractivity contribution >= 4 is 21.6 Å². The molecular formula is C18H22N2O3S. The molecule has 0 bridgehead atoms. The van der Waals surface area contributed by atoms with Crippen molar-refractivity contribution in [3.63, 3.8) is 0 Å². The highest BCUT2D eigenvalue weighted by Crippen LogP contribution is 2.23. The number of sulfonamides is 1. The second-order valence-corrected chi connectivity index (χ2v) is 7.78. The molecule has 1 atom stereocenters. The Kier molecular flexibility index (Phi) is 5.29. The van der Waals surface area contributed by atoms with E-state index in [1.807, 2.05) is 45.0 Å². The average Bonchev–Trinajstić information content (AvgIpc) is 2.44. The number of rotatable bonds is 5. The summed E-state index contributed by atoms with van der Waals surface area (Å²) in [6.45, 7) is 5.71. The van der Waals surface area contributed by atoms with Gasteiger partial charge in [0.05, 0.1) is 18.0 Å². The minimum Gasteiger partial charge on any atom is -0.345 e. The van der Waals surface area contributed by atoms with Crippen LogP contribution in [0, 0.1) is 13.8 Å². The molecule has 0 aliphatic carbocycles. The minimum atomic E-state index is -3.39. The lowest BCUT2D eigenvalue weighted by molar-refractivity contribution is 0.0940. The maximum Gasteiger partial charge on any atom is 0.251 e. The van der Waals surface area contributed by atoms with Crippen molar-refractivity contribution in [1.29, 1.82) is 0 Å². The van der Waals surface area contributed by atoms with Crippen molar-refractivity contribution in [2.75, 3.05) is 11.0 Å². The second kappa shape index (κ2) is 7.05. The third kappa shape index (κ3) is 4.83. The van der Waals surface area contributed by atoms with Crippen molar-refractivity contribution in [2.45, 2.75) is 26.8 Å². The molecule has 2 aromatic rings. The molecule has 0 aliphatic rings. The summed E-state index contributed by atoms with van der Waals surface area (Å²) in [7, 11) is -3.39. The summed E-state index contributed by atoms with van der Waals surface area (Å²) in [6.07, 6.45) is 1.10.